The van der Waals surface area contributed by atoms with Crippen molar-refractivity contribution in [3.8, 4) is 0 Å². The predicted octanol–water partition coefficient (Wildman–Crippen LogP) is 2.09. The number of hydrogen-bond acceptors (Lipinski definition) is 3. The predicted molar refractivity (Wildman–Crippen MR) is 87.6 cm³/mol. The lowest BCUT2D eigenvalue weighted by atomic mass is 9.95. The number of likely N-dealkylation sites (tertiary alicyclic amines) is 1. The third-order valence-corrected chi connectivity index (χ3v) is 3.99. The molecule has 1 aromatic rings. The summed E-state index contributed by atoms with van der Waals surface area (Å²) >= 11 is 0. The minimum absolute atomic E-state index is 0.0410. The molecule has 0 spiro atoms. The fraction of sp³-hybridized carbons (Fsp3) is 0.529. The average molecular weight is 303 g/mol. The maximum absolute atomic E-state index is 12.7. The molecule has 3 N–H and O–H groups in total. The topological polar surface area (TPSA) is 75.4 Å². The Morgan fingerprint density at radius 1 is 1.32 bits per heavy atom. The van der Waals surface area contributed by atoms with Crippen molar-refractivity contribution < 1.29 is 9.59 Å². The second-order valence-electron chi connectivity index (χ2n) is 6.89. The van der Waals surface area contributed by atoms with Gasteiger partial charge in [-0.25, -0.2) is 0 Å². The second kappa shape index (κ2) is 6.48. The number of nitrogens with two attached hydrogens (primary N) is 1. The van der Waals surface area contributed by atoms with E-state index in [1.807, 2.05) is 37.8 Å². The molecule has 0 radical (unpaired) electrons. The summed E-state index contributed by atoms with van der Waals surface area (Å²) in [6.07, 6.45) is 0.943. The van der Waals surface area contributed by atoms with Gasteiger partial charge in [-0.05, 0) is 31.0 Å². The number of nitrogens with zero attached hydrogens (tertiary/aromatic N) is 1. The first kappa shape index (κ1) is 16.5. The van der Waals surface area contributed by atoms with E-state index in [2.05, 4.69) is 5.32 Å². The summed E-state index contributed by atoms with van der Waals surface area (Å²) in [5, 5.41) is 2.87. The quantitative estimate of drug-likeness (QED) is 0.898. The van der Waals surface area contributed by atoms with E-state index in [1.165, 1.54) is 0 Å². The maximum Gasteiger partial charge on any atom is 0.255 e. The normalized spacial score (nSPS) is 18.4. The van der Waals surface area contributed by atoms with Crippen LogP contribution >= 0.6 is 0 Å². The fourth-order valence-corrected chi connectivity index (χ4v) is 2.47. The van der Waals surface area contributed by atoms with Crippen molar-refractivity contribution in [2.75, 3.05) is 25.0 Å². The molecular weight excluding hydrogens is 278 g/mol. The maximum atomic E-state index is 12.7. The molecule has 1 aromatic carbocycles. The standard InChI is InChI=1S/C17H25N3O2/c1-17(2,3)16(22)19-14-7-5-4-6-13(14)15(21)20-9-8-12(10-18)11-20/h4-7,12H,8-11,18H2,1-3H3,(H,19,22). The first-order valence-electron chi connectivity index (χ1n) is 7.72. The van der Waals surface area contributed by atoms with Crippen LogP contribution in [-0.4, -0.2) is 36.3 Å². The van der Waals surface area contributed by atoms with Crippen LogP contribution in [-0.2, 0) is 4.79 Å². The van der Waals surface area contributed by atoms with E-state index >= 15 is 0 Å². The molecule has 22 heavy (non-hydrogen) atoms. The van der Waals surface area contributed by atoms with E-state index in [0.717, 1.165) is 13.0 Å². The number of para-hydroxylation sites is 1. The van der Waals surface area contributed by atoms with Gasteiger partial charge in [0.05, 0.1) is 11.3 Å². The number of carbonyl (C=O) groups excluding carboxylic acids is 2. The van der Waals surface area contributed by atoms with Gasteiger partial charge in [-0.2, -0.15) is 0 Å². The number of benzene rings is 1. The van der Waals surface area contributed by atoms with Crippen LogP contribution in [0.5, 0.6) is 0 Å². The Labute approximate surface area is 131 Å². The molecule has 0 saturated carbocycles. The smallest absolute Gasteiger partial charge is 0.255 e. The Morgan fingerprint density at radius 2 is 2.00 bits per heavy atom. The van der Waals surface area contributed by atoms with E-state index in [0.29, 0.717) is 30.3 Å². The molecule has 0 bridgehead atoms. The highest BCUT2D eigenvalue weighted by Crippen LogP contribution is 2.24. The van der Waals surface area contributed by atoms with Crippen LogP contribution < -0.4 is 11.1 Å². The molecule has 2 amide bonds. The minimum Gasteiger partial charge on any atom is -0.338 e. The number of carbonyl (C=O) groups is 2. The molecule has 1 unspecified atom stereocenters. The molecule has 1 saturated heterocycles. The van der Waals surface area contributed by atoms with E-state index in [9.17, 15) is 9.59 Å². The average Bonchev–Trinajstić information content (AvgIpc) is 2.95. The molecule has 1 fully saturated rings. The minimum atomic E-state index is -0.506. The highest BCUT2D eigenvalue weighted by molar-refractivity contribution is 6.04. The molecule has 5 heteroatoms. The molecule has 1 heterocycles. The highest BCUT2D eigenvalue weighted by Gasteiger charge is 2.28. The Balaban J connectivity index is 2.18. The van der Waals surface area contributed by atoms with Crippen LogP contribution in [0, 0.1) is 11.3 Å². The van der Waals surface area contributed by atoms with E-state index in [-0.39, 0.29) is 11.8 Å². The second-order valence-corrected chi connectivity index (χ2v) is 6.89. The number of rotatable bonds is 3. The molecule has 1 aliphatic rings. The Kier molecular flexibility index (Phi) is 4.86. The van der Waals surface area contributed by atoms with Crippen LogP contribution in [0.15, 0.2) is 24.3 Å². The van der Waals surface area contributed by atoms with Crippen molar-refractivity contribution in [3.05, 3.63) is 29.8 Å². The Morgan fingerprint density at radius 3 is 2.59 bits per heavy atom. The van der Waals surface area contributed by atoms with Gasteiger partial charge >= 0.3 is 0 Å². The van der Waals surface area contributed by atoms with Crippen LogP contribution in [0.2, 0.25) is 0 Å². The van der Waals surface area contributed by atoms with Crippen molar-refractivity contribution >= 4 is 17.5 Å². The first-order chi connectivity index (χ1) is 10.3. The monoisotopic (exact) mass is 303 g/mol. The van der Waals surface area contributed by atoms with Crippen molar-refractivity contribution in [2.45, 2.75) is 27.2 Å². The third-order valence-electron chi connectivity index (χ3n) is 3.99. The van der Waals surface area contributed by atoms with Crippen LogP contribution in [0.1, 0.15) is 37.6 Å². The molecule has 1 aliphatic heterocycles. The van der Waals surface area contributed by atoms with Crippen LogP contribution in [0.4, 0.5) is 5.69 Å². The van der Waals surface area contributed by atoms with E-state index in [1.54, 1.807) is 12.1 Å². The molecule has 0 aliphatic carbocycles. The fourth-order valence-electron chi connectivity index (χ4n) is 2.47. The van der Waals surface area contributed by atoms with Crippen molar-refractivity contribution in [1.82, 2.24) is 4.90 Å². The van der Waals surface area contributed by atoms with Gasteiger partial charge in [0.15, 0.2) is 0 Å². The highest BCUT2D eigenvalue weighted by atomic mass is 16.2. The Bertz CT molecular complexity index is 563. The molecule has 1 atom stereocenters. The summed E-state index contributed by atoms with van der Waals surface area (Å²) in [5.74, 6) is 0.232. The lowest BCUT2D eigenvalue weighted by Gasteiger charge is -2.21. The molecule has 2 rings (SSSR count). The summed E-state index contributed by atoms with van der Waals surface area (Å²) in [5.41, 5.74) is 6.29. The zero-order valence-electron chi connectivity index (χ0n) is 13.6. The van der Waals surface area contributed by atoms with Gasteiger partial charge in [-0.15, -0.1) is 0 Å². The Hall–Kier alpha value is -1.88. The van der Waals surface area contributed by atoms with Crippen molar-refractivity contribution in [1.29, 1.82) is 0 Å². The molecule has 0 aromatic heterocycles. The number of nitrogens with one attached hydrogen (secondary N) is 1. The van der Waals surface area contributed by atoms with Crippen LogP contribution in [0.25, 0.3) is 0 Å². The van der Waals surface area contributed by atoms with Gasteiger partial charge in [0.2, 0.25) is 5.91 Å². The van der Waals surface area contributed by atoms with Gasteiger partial charge in [-0.1, -0.05) is 32.9 Å². The van der Waals surface area contributed by atoms with E-state index in [4.69, 9.17) is 5.73 Å². The lowest BCUT2D eigenvalue weighted by molar-refractivity contribution is -0.123. The number of hydrogen-bond donors (Lipinski definition) is 2. The molecule has 120 valence electrons. The number of anilines is 1. The summed E-state index contributed by atoms with van der Waals surface area (Å²) in [7, 11) is 0. The number of amides is 2. The third kappa shape index (κ3) is 3.65. The van der Waals surface area contributed by atoms with Gasteiger partial charge in [0, 0.05) is 18.5 Å². The van der Waals surface area contributed by atoms with Gasteiger partial charge in [0.1, 0.15) is 0 Å². The zero-order chi connectivity index (χ0) is 16.3. The van der Waals surface area contributed by atoms with Crippen LogP contribution in [0.3, 0.4) is 0 Å². The van der Waals surface area contributed by atoms with Crippen molar-refractivity contribution in [3.63, 3.8) is 0 Å². The summed E-state index contributed by atoms with van der Waals surface area (Å²) < 4.78 is 0. The van der Waals surface area contributed by atoms with E-state index < -0.39 is 5.41 Å². The lowest BCUT2D eigenvalue weighted by Crippen LogP contribution is -2.32. The first-order valence-corrected chi connectivity index (χ1v) is 7.72. The van der Waals surface area contributed by atoms with Gasteiger partial charge in [-0.3, -0.25) is 9.59 Å². The summed E-state index contributed by atoms with van der Waals surface area (Å²) in [4.78, 5) is 26.7. The SMILES string of the molecule is CC(C)(C)C(=O)Nc1ccccc1C(=O)N1CCC(CN)C1. The van der Waals surface area contributed by atoms with Crippen molar-refractivity contribution in [2.24, 2.45) is 17.1 Å². The zero-order valence-corrected chi connectivity index (χ0v) is 13.6. The van der Waals surface area contributed by atoms with Gasteiger partial charge < -0.3 is 16.0 Å². The summed E-state index contributed by atoms with van der Waals surface area (Å²) in [6.45, 7) is 7.56. The largest absolute Gasteiger partial charge is 0.338 e. The molecular formula is C17H25N3O2. The van der Waals surface area contributed by atoms with Gasteiger partial charge in [0.25, 0.3) is 5.91 Å². The summed E-state index contributed by atoms with van der Waals surface area (Å²) in [6, 6.07) is 7.17. The molecule has 5 nitrogen and oxygen atoms in total.